The van der Waals surface area contributed by atoms with Crippen LogP contribution in [-0.2, 0) is 16.1 Å². The molecule has 0 spiro atoms. The number of carbonyl (C=O) groups excluding carboxylic acids is 1. The minimum atomic E-state index is -0.442. The highest BCUT2D eigenvalue weighted by Crippen LogP contribution is 2.35. The molecule has 0 fully saturated rings. The van der Waals surface area contributed by atoms with E-state index in [-0.39, 0.29) is 18.2 Å². The Bertz CT molecular complexity index is 1010. The Morgan fingerprint density at radius 3 is 2.69 bits per heavy atom. The number of fused-ring (bicyclic) bond motifs is 1. The van der Waals surface area contributed by atoms with Crippen LogP contribution in [0.15, 0.2) is 35.4 Å². The average molecular weight is 391 g/mol. The maximum atomic E-state index is 13.0. The number of hydrogen-bond acceptors (Lipinski definition) is 5. The Hall–Kier alpha value is -2.18. The molecule has 0 saturated carbocycles. The fourth-order valence-electron chi connectivity index (χ4n) is 2.70. The summed E-state index contributed by atoms with van der Waals surface area (Å²) < 4.78 is 6.57. The number of rotatable bonds is 5. The van der Waals surface area contributed by atoms with E-state index in [0.29, 0.717) is 15.2 Å². The SMILES string of the molecule is CCC(C)OC(=O)Cn1cnc2sc(C)c(-c3ccc(Cl)cc3)c2c1=O. The molecule has 26 heavy (non-hydrogen) atoms. The molecule has 1 aromatic carbocycles. The molecule has 5 nitrogen and oxygen atoms in total. The molecule has 1 atom stereocenters. The number of thiophene rings is 1. The second-order valence-corrected chi connectivity index (χ2v) is 7.75. The quantitative estimate of drug-likeness (QED) is 0.604. The van der Waals surface area contributed by atoms with Crippen LogP contribution in [0.3, 0.4) is 0 Å². The zero-order valence-corrected chi connectivity index (χ0v) is 16.4. The van der Waals surface area contributed by atoms with Gasteiger partial charge in [-0.3, -0.25) is 14.2 Å². The second-order valence-electron chi connectivity index (χ2n) is 6.11. The van der Waals surface area contributed by atoms with Gasteiger partial charge in [-0.2, -0.15) is 0 Å². The van der Waals surface area contributed by atoms with Gasteiger partial charge in [-0.15, -0.1) is 11.3 Å². The van der Waals surface area contributed by atoms with E-state index in [9.17, 15) is 9.59 Å². The largest absolute Gasteiger partial charge is 0.461 e. The second kappa shape index (κ2) is 7.60. The summed E-state index contributed by atoms with van der Waals surface area (Å²) in [4.78, 5) is 31.1. The van der Waals surface area contributed by atoms with Crippen molar-refractivity contribution in [3.8, 4) is 11.1 Å². The highest BCUT2D eigenvalue weighted by atomic mass is 35.5. The van der Waals surface area contributed by atoms with Crippen LogP contribution in [0.5, 0.6) is 0 Å². The van der Waals surface area contributed by atoms with Crippen molar-refractivity contribution >= 4 is 39.1 Å². The first-order chi connectivity index (χ1) is 12.4. The molecule has 0 aliphatic rings. The molecule has 1 unspecified atom stereocenters. The van der Waals surface area contributed by atoms with Gasteiger partial charge >= 0.3 is 5.97 Å². The van der Waals surface area contributed by atoms with Crippen molar-refractivity contribution in [2.24, 2.45) is 0 Å². The van der Waals surface area contributed by atoms with E-state index in [1.165, 1.54) is 22.2 Å². The number of aryl methyl sites for hydroxylation is 1. The van der Waals surface area contributed by atoms with Crippen LogP contribution in [0.25, 0.3) is 21.3 Å². The van der Waals surface area contributed by atoms with Gasteiger partial charge in [0.1, 0.15) is 11.4 Å². The smallest absolute Gasteiger partial charge is 0.326 e. The van der Waals surface area contributed by atoms with Crippen LogP contribution < -0.4 is 5.56 Å². The third kappa shape index (κ3) is 3.66. The van der Waals surface area contributed by atoms with Crippen LogP contribution in [0, 0.1) is 6.92 Å². The number of nitrogens with zero attached hydrogens (tertiary/aromatic N) is 2. The minimum Gasteiger partial charge on any atom is -0.461 e. The van der Waals surface area contributed by atoms with Gasteiger partial charge in [0.25, 0.3) is 5.56 Å². The molecule has 136 valence electrons. The molecule has 3 rings (SSSR count). The summed E-state index contributed by atoms with van der Waals surface area (Å²) in [6.07, 6.45) is 1.95. The van der Waals surface area contributed by atoms with E-state index < -0.39 is 5.97 Å². The van der Waals surface area contributed by atoms with Crippen LogP contribution in [-0.4, -0.2) is 21.6 Å². The molecule has 3 aromatic rings. The van der Waals surface area contributed by atoms with E-state index in [2.05, 4.69) is 4.98 Å². The predicted octanol–water partition coefficient (Wildman–Crippen LogP) is 4.43. The molecule has 7 heteroatoms. The van der Waals surface area contributed by atoms with E-state index in [4.69, 9.17) is 16.3 Å². The molecule has 2 aromatic heterocycles. The number of carbonyl (C=O) groups is 1. The zero-order valence-electron chi connectivity index (χ0n) is 14.8. The van der Waals surface area contributed by atoms with Gasteiger partial charge in [0, 0.05) is 15.5 Å². The van der Waals surface area contributed by atoms with Crippen molar-refractivity contribution in [1.29, 1.82) is 0 Å². The highest BCUT2D eigenvalue weighted by Gasteiger charge is 2.18. The molecule has 0 aliphatic heterocycles. The van der Waals surface area contributed by atoms with E-state index in [0.717, 1.165) is 22.4 Å². The molecule has 2 heterocycles. The first-order valence-electron chi connectivity index (χ1n) is 8.34. The maximum Gasteiger partial charge on any atom is 0.326 e. The topological polar surface area (TPSA) is 61.2 Å². The van der Waals surface area contributed by atoms with Crippen LogP contribution >= 0.6 is 22.9 Å². The number of ether oxygens (including phenoxy) is 1. The number of benzene rings is 1. The predicted molar refractivity (Wildman–Crippen MR) is 105 cm³/mol. The lowest BCUT2D eigenvalue weighted by molar-refractivity contribution is -0.149. The molecule has 0 radical (unpaired) electrons. The summed E-state index contributed by atoms with van der Waals surface area (Å²) in [6, 6.07) is 7.34. The monoisotopic (exact) mass is 390 g/mol. The third-order valence-electron chi connectivity index (χ3n) is 4.19. The van der Waals surface area contributed by atoms with Crippen molar-refractivity contribution in [3.63, 3.8) is 0 Å². The van der Waals surface area contributed by atoms with Crippen molar-refractivity contribution < 1.29 is 9.53 Å². The van der Waals surface area contributed by atoms with Gasteiger partial charge in [0.05, 0.1) is 17.8 Å². The van der Waals surface area contributed by atoms with E-state index >= 15 is 0 Å². The highest BCUT2D eigenvalue weighted by molar-refractivity contribution is 7.19. The molecular formula is C19H19ClN2O3S. The maximum absolute atomic E-state index is 13.0. The number of esters is 1. The third-order valence-corrected chi connectivity index (χ3v) is 5.46. The van der Waals surface area contributed by atoms with E-state index in [1.54, 1.807) is 12.1 Å². The molecule has 0 N–H and O–H groups in total. The van der Waals surface area contributed by atoms with Gasteiger partial charge in [-0.05, 0) is 38.0 Å². The molecule has 0 aliphatic carbocycles. The van der Waals surface area contributed by atoms with Gasteiger partial charge in [-0.1, -0.05) is 30.7 Å². The lowest BCUT2D eigenvalue weighted by Gasteiger charge is -2.11. The zero-order chi connectivity index (χ0) is 18.8. The fraction of sp³-hybridized carbons (Fsp3) is 0.316. The number of hydrogen-bond donors (Lipinski definition) is 0. The summed E-state index contributed by atoms with van der Waals surface area (Å²) in [5.41, 5.74) is 1.49. The number of halogens is 1. The van der Waals surface area contributed by atoms with Gasteiger partial charge in [0.2, 0.25) is 0 Å². The number of aromatic nitrogens is 2. The van der Waals surface area contributed by atoms with Crippen LogP contribution in [0.4, 0.5) is 0 Å². The summed E-state index contributed by atoms with van der Waals surface area (Å²) in [5.74, 6) is -0.442. The lowest BCUT2D eigenvalue weighted by Crippen LogP contribution is -2.27. The summed E-state index contributed by atoms with van der Waals surface area (Å²) >= 11 is 7.43. The first-order valence-corrected chi connectivity index (χ1v) is 9.54. The lowest BCUT2D eigenvalue weighted by atomic mass is 10.0. The van der Waals surface area contributed by atoms with Gasteiger partial charge in [0.15, 0.2) is 0 Å². The normalized spacial score (nSPS) is 12.3. The standard InChI is InChI=1S/C19H19ClN2O3S/c1-4-11(2)25-15(23)9-22-10-21-18-17(19(22)24)16(12(3)26-18)13-5-7-14(20)8-6-13/h5-8,10-11H,4,9H2,1-3H3. The van der Waals surface area contributed by atoms with Crippen molar-refractivity contribution in [2.75, 3.05) is 0 Å². The van der Waals surface area contributed by atoms with Crippen LogP contribution in [0.2, 0.25) is 5.02 Å². The Kier molecular flexibility index (Phi) is 5.44. The first kappa shape index (κ1) is 18.6. The van der Waals surface area contributed by atoms with Crippen molar-refractivity contribution in [1.82, 2.24) is 9.55 Å². The Morgan fingerprint density at radius 1 is 1.35 bits per heavy atom. The summed E-state index contributed by atoms with van der Waals surface area (Å²) in [6.45, 7) is 5.56. The van der Waals surface area contributed by atoms with E-state index in [1.807, 2.05) is 32.9 Å². The molecule has 0 amide bonds. The van der Waals surface area contributed by atoms with Crippen LogP contribution in [0.1, 0.15) is 25.1 Å². The van der Waals surface area contributed by atoms with Crippen molar-refractivity contribution in [3.05, 3.63) is 50.8 Å². The minimum absolute atomic E-state index is 0.152. The molecular weight excluding hydrogens is 372 g/mol. The van der Waals surface area contributed by atoms with Gasteiger partial charge < -0.3 is 4.74 Å². The van der Waals surface area contributed by atoms with Gasteiger partial charge in [-0.25, -0.2) is 4.98 Å². The Balaban J connectivity index is 2.05. The average Bonchev–Trinajstić information content (AvgIpc) is 2.95. The summed E-state index contributed by atoms with van der Waals surface area (Å²) in [5, 5.41) is 1.16. The molecule has 0 bridgehead atoms. The molecule has 0 saturated heterocycles. The Labute approximate surface area is 160 Å². The fourth-order valence-corrected chi connectivity index (χ4v) is 3.83. The summed E-state index contributed by atoms with van der Waals surface area (Å²) in [7, 11) is 0. The Morgan fingerprint density at radius 2 is 2.04 bits per heavy atom. The van der Waals surface area contributed by atoms with Crippen molar-refractivity contribution in [2.45, 2.75) is 39.8 Å².